The van der Waals surface area contributed by atoms with Crippen molar-refractivity contribution in [2.24, 2.45) is 0 Å². The lowest BCUT2D eigenvalue weighted by Crippen LogP contribution is -2.36. The highest BCUT2D eigenvalue weighted by molar-refractivity contribution is 8.18. The lowest BCUT2D eigenvalue weighted by atomic mass is 10.2. The van der Waals surface area contributed by atoms with E-state index in [4.69, 9.17) is 16.3 Å². The van der Waals surface area contributed by atoms with E-state index in [1.807, 2.05) is 31.2 Å². The second kappa shape index (κ2) is 9.62. The molecule has 0 aliphatic carbocycles. The van der Waals surface area contributed by atoms with E-state index < -0.39 is 17.1 Å². The van der Waals surface area contributed by atoms with Gasteiger partial charge in [0.25, 0.3) is 11.1 Å². The summed E-state index contributed by atoms with van der Waals surface area (Å²) in [4.78, 5) is 38.2. The molecule has 0 radical (unpaired) electrons. The maximum Gasteiger partial charge on any atom is 0.294 e. The number of ether oxygens (including phenoxy) is 1. The molecule has 0 bridgehead atoms. The summed E-state index contributed by atoms with van der Waals surface area (Å²) >= 11 is 6.70. The van der Waals surface area contributed by atoms with E-state index in [-0.39, 0.29) is 11.4 Å². The molecule has 150 valence electrons. The minimum atomic E-state index is -0.493. The summed E-state index contributed by atoms with van der Waals surface area (Å²) in [7, 11) is 0. The molecule has 1 heterocycles. The van der Waals surface area contributed by atoms with Crippen LogP contribution in [0.25, 0.3) is 6.08 Å². The summed E-state index contributed by atoms with van der Waals surface area (Å²) in [6.07, 6.45) is 2.54. The summed E-state index contributed by atoms with van der Waals surface area (Å²) in [5.41, 5.74) is 1.26. The van der Waals surface area contributed by atoms with Gasteiger partial charge in [-0.15, -0.1) is 0 Å². The standard InChI is InChI=1S/C21H19ClN2O4S/c1-2-10-28-17-8-6-14(7-9-17)11-18-20(26)24(21(27)29-18)13-19(25)23-16-5-3-4-15(22)12-16/h3-9,11-12H,2,10,13H2,1H3,(H,23,25)/b18-11-. The van der Waals surface area contributed by atoms with E-state index in [1.165, 1.54) is 0 Å². The van der Waals surface area contributed by atoms with Gasteiger partial charge in [0.1, 0.15) is 12.3 Å². The number of imide groups is 1. The smallest absolute Gasteiger partial charge is 0.294 e. The van der Waals surface area contributed by atoms with Crippen molar-refractivity contribution in [1.29, 1.82) is 0 Å². The van der Waals surface area contributed by atoms with Gasteiger partial charge in [-0.05, 0) is 60.2 Å². The number of benzene rings is 2. The number of nitrogens with zero attached hydrogens (tertiary/aromatic N) is 1. The van der Waals surface area contributed by atoms with Crippen LogP contribution in [-0.4, -0.2) is 35.1 Å². The fraction of sp³-hybridized carbons (Fsp3) is 0.190. The minimum absolute atomic E-state index is 0.271. The van der Waals surface area contributed by atoms with Gasteiger partial charge in [-0.25, -0.2) is 0 Å². The zero-order valence-electron chi connectivity index (χ0n) is 15.7. The molecular formula is C21H19ClN2O4S. The van der Waals surface area contributed by atoms with Gasteiger partial charge in [0.15, 0.2) is 0 Å². The van der Waals surface area contributed by atoms with Gasteiger partial charge >= 0.3 is 0 Å². The normalized spacial score (nSPS) is 15.1. The van der Waals surface area contributed by atoms with Crippen molar-refractivity contribution in [2.75, 3.05) is 18.5 Å². The third-order valence-corrected chi connectivity index (χ3v) is 5.08. The number of halogens is 1. The summed E-state index contributed by atoms with van der Waals surface area (Å²) in [6, 6.07) is 13.9. The number of anilines is 1. The maximum atomic E-state index is 12.6. The molecule has 0 atom stereocenters. The Morgan fingerprint density at radius 3 is 2.66 bits per heavy atom. The van der Waals surface area contributed by atoms with Crippen LogP contribution < -0.4 is 10.1 Å². The summed E-state index contributed by atoms with van der Waals surface area (Å²) in [5.74, 6) is -0.226. The van der Waals surface area contributed by atoms with E-state index in [2.05, 4.69) is 5.32 Å². The Labute approximate surface area is 177 Å². The SMILES string of the molecule is CCCOc1ccc(/C=C2\SC(=O)N(CC(=O)Nc3cccc(Cl)c3)C2=O)cc1. The summed E-state index contributed by atoms with van der Waals surface area (Å²) in [6.45, 7) is 2.30. The minimum Gasteiger partial charge on any atom is -0.494 e. The summed E-state index contributed by atoms with van der Waals surface area (Å²) in [5, 5.41) is 2.62. The Balaban J connectivity index is 1.64. The second-order valence-corrected chi connectivity index (χ2v) is 7.67. The molecule has 0 spiro atoms. The van der Waals surface area contributed by atoms with E-state index >= 15 is 0 Å². The van der Waals surface area contributed by atoms with Crippen LogP contribution in [0.4, 0.5) is 10.5 Å². The predicted molar refractivity (Wildman–Crippen MR) is 115 cm³/mol. The molecule has 2 aromatic carbocycles. The van der Waals surface area contributed by atoms with Crippen LogP contribution in [0.15, 0.2) is 53.4 Å². The third kappa shape index (κ3) is 5.62. The average molecular weight is 431 g/mol. The molecule has 1 aliphatic rings. The molecule has 8 heteroatoms. The third-order valence-electron chi connectivity index (χ3n) is 3.93. The first kappa shape index (κ1) is 21.0. The molecule has 6 nitrogen and oxygen atoms in total. The average Bonchev–Trinajstić information content (AvgIpc) is 2.95. The van der Waals surface area contributed by atoms with E-state index in [9.17, 15) is 14.4 Å². The molecule has 0 aromatic heterocycles. The van der Waals surface area contributed by atoms with E-state index in [0.717, 1.165) is 34.4 Å². The van der Waals surface area contributed by atoms with Crippen molar-refractivity contribution in [3.63, 3.8) is 0 Å². The monoisotopic (exact) mass is 430 g/mol. The number of carbonyl (C=O) groups is 3. The first-order valence-electron chi connectivity index (χ1n) is 9.00. The van der Waals surface area contributed by atoms with Crippen LogP contribution in [0.2, 0.25) is 5.02 Å². The van der Waals surface area contributed by atoms with Gasteiger partial charge < -0.3 is 10.1 Å². The Hall–Kier alpha value is -2.77. The quantitative estimate of drug-likeness (QED) is 0.638. The van der Waals surface area contributed by atoms with Crippen LogP contribution in [0, 0.1) is 0 Å². The second-order valence-electron chi connectivity index (χ2n) is 6.24. The van der Waals surface area contributed by atoms with Crippen molar-refractivity contribution in [1.82, 2.24) is 4.90 Å². The van der Waals surface area contributed by atoms with Gasteiger partial charge in [0, 0.05) is 10.7 Å². The van der Waals surface area contributed by atoms with Crippen molar-refractivity contribution >= 4 is 52.2 Å². The topological polar surface area (TPSA) is 75.7 Å². The molecule has 1 N–H and O–H groups in total. The van der Waals surface area contributed by atoms with Crippen LogP contribution in [0.3, 0.4) is 0 Å². The number of thioether (sulfide) groups is 1. The fourth-order valence-electron chi connectivity index (χ4n) is 2.58. The van der Waals surface area contributed by atoms with Crippen LogP contribution in [0.1, 0.15) is 18.9 Å². The predicted octanol–water partition coefficient (Wildman–Crippen LogP) is 4.80. The Morgan fingerprint density at radius 1 is 1.21 bits per heavy atom. The number of hydrogen-bond donors (Lipinski definition) is 1. The van der Waals surface area contributed by atoms with Crippen LogP contribution in [0.5, 0.6) is 5.75 Å². The van der Waals surface area contributed by atoms with Crippen molar-refractivity contribution in [3.8, 4) is 5.75 Å². The highest BCUT2D eigenvalue weighted by Gasteiger charge is 2.36. The van der Waals surface area contributed by atoms with Crippen LogP contribution >= 0.6 is 23.4 Å². The zero-order valence-corrected chi connectivity index (χ0v) is 17.3. The lowest BCUT2D eigenvalue weighted by Gasteiger charge is -2.12. The molecule has 1 saturated heterocycles. The number of rotatable bonds is 7. The molecular weight excluding hydrogens is 412 g/mol. The van der Waals surface area contributed by atoms with Gasteiger partial charge in [-0.2, -0.15) is 0 Å². The van der Waals surface area contributed by atoms with Crippen molar-refractivity contribution in [2.45, 2.75) is 13.3 Å². The molecule has 0 unspecified atom stereocenters. The van der Waals surface area contributed by atoms with E-state index in [1.54, 1.807) is 30.3 Å². The summed E-state index contributed by atoms with van der Waals surface area (Å²) < 4.78 is 5.53. The largest absolute Gasteiger partial charge is 0.494 e. The highest BCUT2D eigenvalue weighted by Crippen LogP contribution is 2.32. The number of amides is 3. The zero-order chi connectivity index (χ0) is 20.8. The Kier molecular flexibility index (Phi) is 6.95. The number of carbonyl (C=O) groups excluding carboxylic acids is 3. The van der Waals surface area contributed by atoms with Gasteiger partial charge in [-0.1, -0.05) is 36.7 Å². The van der Waals surface area contributed by atoms with Gasteiger partial charge in [0.05, 0.1) is 11.5 Å². The molecule has 3 amide bonds. The molecule has 29 heavy (non-hydrogen) atoms. The Morgan fingerprint density at radius 2 is 1.97 bits per heavy atom. The van der Waals surface area contributed by atoms with E-state index in [0.29, 0.717) is 17.3 Å². The molecule has 1 fully saturated rings. The van der Waals surface area contributed by atoms with Gasteiger partial charge in [0.2, 0.25) is 5.91 Å². The first-order valence-corrected chi connectivity index (χ1v) is 10.2. The highest BCUT2D eigenvalue weighted by atomic mass is 35.5. The van der Waals surface area contributed by atoms with Crippen molar-refractivity contribution in [3.05, 3.63) is 64.0 Å². The molecule has 1 aliphatic heterocycles. The lowest BCUT2D eigenvalue weighted by molar-refractivity contribution is -0.127. The maximum absolute atomic E-state index is 12.6. The van der Waals surface area contributed by atoms with Crippen molar-refractivity contribution < 1.29 is 19.1 Å². The number of hydrogen-bond acceptors (Lipinski definition) is 5. The molecule has 2 aromatic rings. The van der Waals surface area contributed by atoms with Gasteiger partial charge in [-0.3, -0.25) is 19.3 Å². The fourth-order valence-corrected chi connectivity index (χ4v) is 3.61. The Bertz CT molecular complexity index is 959. The number of nitrogens with one attached hydrogen (secondary N) is 1. The van der Waals surface area contributed by atoms with Crippen LogP contribution in [-0.2, 0) is 9.59 Å². The molecule has 0 saturated carbocycles. The first-order chi connectivity index (χ1) is 14.0. The molecule has 3 rings (SSSR count).